The molecule has 0 amide bonds. The van der Waals surface area contributed by atoms with E-state index in [2.05, 4.69) is 12.7 Å². The van der Waals surface area contributed by atoms with Crippen molar-refractivity contribution in [3.05, 3.63) is 0 Å². The van der Waals surface area contributed by atoms with Crippen molar-refractivity contribution in [2.24, 2.45) is 0 Å². The van der Waals surface area contributed by atoms with Crippen LogP contribution in [0.25, 0.3) is 0 Å². The molecule has 0 fully saturated rings. The molecule has 7 heteroatoms. The zero-order valence-electron chi connectivity index (χ0n) is 12.5. The molecule has 19 heavy (non-hydrogen) atoms. The van der Waals surface area contributed by atoms with Gasteiger partial charge in [-0.05, 0) is 12.8 Å². The van der Waals surface area contributed by atoms with Gasteiger partial charge in [-0.3, -0.25) is 8.42 Å². The number of quaternary nitrogens is 2. The number of hydrogen-bond acceptors (Lipinski definition) is 4. The molecule has 0 aliphatic rings. The lowest BCUT2D eigenvalue weighted by atomic mass is 10.1. The van der Waals surface area contributed by atoms with E-state index in [9.17, 15) is 0 Å². The lowest BCUT2D eigenvalue weighted by molar-refractivity contribution is -0.368. The molecule has 120 valence electrons. The second kappa shape index (κ2) is 17.8. The van der Waals surface area contributed by atoms with Crippen LogP contribution in [-0.4, -0.2) is 24.1 Å². The third-order valence-electron chi connectivity index (χ3n) is 2.60. The van der Waals surface area contributed by atoms with Crippen LogP contribution in [0.4, 0.5) is 0 Å². The van der Waals surface area contributed by atoms with Gasteiger partial charge in [0.2, 0.25) is 0 Å². The van der Waals surface area contributed by atoms with Crippen molar-refractivity contribution in [3.8, 4) is 0 Å². The highest BCUT2D eigenvalue weighted by Crippen LogP contribution is 2.09. The zero-order chi connectivity index (χ0) is 14.3. The van der Waals surface area contributed by atoms with Crippen LogP contribution >= 0.6 is 0 Å². The van der Waals surface area contributed by atoms with Gasteiger partial charge in [0.25, 0.3) is 0 Å². The summed E-state index contributed by atoms with van der Waals surface area (Å²) in [4.78, 5) is 0. The molecular weight excluding hydrogens is 268 g/mol. The van der Waals surface area contributed by atoms with Gasteiger partial charge in [0.05, 0.1) is 6.54 Å². The van der Waals surface area contributed by atoms with E-state index < -0.39 is 10.4 Å². The summed E-state index contributed by atoms with van der Waals surface area (Å²) >= 11 is 0. The summed E-state index contributed by atoms with van der Waals surface area (Å²) in [6, 6.07) is 0. The standard InChI is InChI=1S/C12H27N.H3N.H2O4S/c1-2-3-4-5-6-7-8-9-10-11-12-13;;1-5(2,3)4/h2-13H2,1H3;1H3;(H2,1,2,3,4). The van der Waals surface area contributed by atoms with Crippen molar-refractivity contribution < 1.29 is 23.3 Å². The number of rotatable bonds is 10. The first-order valence-electron chi connectivity index (χ1n) is 6.87. The SMILES string of the molecule is CCCCCCCCCCCC[NH3+].O=S(=O)([O-])[O-].[NH4+]. The van der Waals surface area contributed by atoms with Gasteiger partial charge in [-0.1, -0.05) is 58.3 Å². The molecule has 0 aliphatic heterocycles. The van der Waals surface area contributed by atoms with E-state index in [4.69, 9.17) is 17.5 Å². The maximum Gasteiger partial charge on any atom is 0.0739 e. The Bertz CT molecular complexity index is 228. The molecule has 0 aromatic rings. The molecular formula is C12H32N2O4S. The van der Waals surface area contributed by atoms with Crippen LogP contribution in [-0.2, 0) is 10.4 Å². The van der Waals surface area contributed by atoms with E-state index in [1.54, 1.807) is 0 Å². The summed E-state index contributed by atoms with van der Waals surface area (Å²) in [6.45, 7) is 3.40. The fourth-order valence-electron chi connectivity index (χ4n) is 1.66. The summed E-state index contributed by atoms with van der Waals surface area (Å²) in [6.07, 6.45) is 14.2. The highest BCUT2D eigenvalue weighted by molar-refractivity contribution is 7.79. The third kappa shape index (κ3) is 46.3. The van der Waals surface area contributed by atoms with Crippen LogP contribution in [0.5, 0.6) is 0 Å². The monoisotopic (exact) mass is 300 g/mol. The Kier molecular flexibility index (Phi) is 22.3. The van der Waals surface area contributed by atoms with Crippen LogP contribution in [0, 0.1) is 0 Å². The lowest BCUT2D eigenvalue weighted by Gasteiger charge is -2.06. The fourth-order valence-corrected chi connectivity index (χ4v) is 1.66. The molecule has 0 aromatic heterocycles. The Hall–Kier alpha value is -0.210. The Labute approximate surface area is 118 Å². The Morgan fingerprint density at radius 1 is 0.789 bits per heavy atom. The average molecular weight is 300 g/mol. The summed E-state index contributed by atoms with van der Waals surface area (Å²) in [5.74, 6) is 0. The fraction of sp³-hybridized carbons (Fsp3) is 1.00. The molecule has 6 nitrogen and oxygen atoms in total. The van der Waals surface area contributed by atoms with Crippen molar-refractivity contribution in [2.75, 3.05) is 6.54 Å². The normalized spacial score (nSPS) is 10.3. The zero-order valence-corrected chi connectivity index (χ0v) is 13.3. The van der Waals surface area contributed by atoms with Crippen molar-refractivity contribution in [2.45, 2.75) is 71.1 Å². The maximum atomic E-state index is 8.52. The molecule has 7 N–H and O–H groups in total. The molecule has 0 atom stereocenters. The molecule has 0 spiro atoms. The quantitative estimate of drug-likeness (QED) is 0.362. The van der Waals surface area contributed by atoms with Gasteiger partial charge in [-0.25, -0.2) is 0 Å². The van der Waals surface area contributed by atoms with E-state index >= 15 is 0 Å². The van der Waals surface area contributed by atoms with Gasteiger partial charge >= 0.3 is 0 Å². The van der Waals surface area contributed by atoms with Gasteiger partial charge in [0.1, 0.15) is 0 Å². The Morgan fingerprint density at radius 3 is 1.32 bits per heavy atom. The smallest absolute Gasteiger partial charge is 0.0739 e. The van der Waals surface area contributed by atoms with Gasteiger partial charge in [0.15, 0.2) is 0 Å². The van der Waals surface area contributed by atoms with Crippen molar-refractivity contribution in [3.63, 3.8) is 0 Å². The van der Waals surface area contributed by atoms with Crippen LogP contribution in [0.15, 0.2) is 0 Å². The van der Waals surface area contributed by atoms with Crippen molar-refractivity contribution in [1.82, 2.24) is 6.15 Å². The van der Waals surface area contributed by atoms with Crippen LogP contribution in [0.3, 0.4) is 0 Å². The van der Waals surface area contributed by atoms with Crippen LogP contribution in [0.2, 0.25) is 0 Å². The van der Waals surface area contributed by atoms with Gasteiger partial charge in [-0.15, -0.1) is 0 Å². The second-order valence-corrected chi connectivity index (χ2v) is 5.26. The first-order chi connectivity index (χ1) is 8.41. The topological polar surface area (TPSA) is 144 Å². The predicted molar refractivity (Wildman–Crippen MR) is 76.1 cm³/mol. The molecule has 0 saturated heterocycles. The maximum absolute atomic E-state index is 8.52. The van der Waals surface area contributed by atoms with Gasteiger partial charge < -0.3 is 21.0 Å². The largest absolute Gasteiger partial charge is 0.759 e. The summed E-state index contributed by atoms with van der Waals surface area (Å²) in [5, 5.41) is 0. The average Bonchev–Trinajstić information content (AvgIpc) is 2.25. The van der Waals surface area contributed by atoms with Crippen LogP contribution in [0.1, 0.15) is 71.1 Å². The van der Waals surface area contributed by atoms with Crippen molar-refractivity contribution in [1.29, 1.82) is 0 Å². The van der Waals surface area contributed by atoms with E-state index in [-0.39, 0.29) is 6.15 Å². The Morgan fingerprint density at radius 2 is 1.05 bits per heavy atom. The minimum Gasteiger partial charge on any atom is -0.759 e. The van der Waals surface area contributed by atoms with Gasteiger partial charge in [0, 0.05) is 10.4 Å². The summed E-state index contributed by atoms with van der Waals surface area (Å²) < 4.78 is 34.1. The van der Waals surface area contributed by atoms with E-state index in [0.717, 1.165) is 6.54 Å². The highest BCUT2D eigenvalue weighted by Gasteiger charge is 1.91. The van der Waals surface area contributed by atoms with E-state index in [1.807, 2.05) is 0 Å². The molecule has 0 aromatic carbocycles. The predicted octanol–water partition coefficient (Wildman–Crippen LogP) is 2.19. The molecule has 0 saturated carbocycles. The molecule has 0 unspecified atom stereocenters. The lowest BCUT2D eigenvalue weighted by Crippen LogP contribution is -2.50. The molecule has 0 bridgehead atoms. The van der Waals surface area contributed by atoms with Crippen molar-refractivity contribution >= 4 is 10.4 Å². The number of unbranched alkanes of at least 4 members (excludes halogenated alkanes) is 9. The summed E-state index contributed by atoms with van der Waals surface area (Å²) in [7, 11) is -5.17. The van der Waals surface area contributed by atoms with E-state index in [0.29, 0.717) is 0 Å². The summed E-state index contributed by atoms with van der Waals surface area (Å²) in [5.41, 5.74) is 3.85. The Balaban J connectivity index is -0.000000366. The molecule has 0 rings (SSSR count). The first-order valence-corrected chi connectivity index (χ1v) is 8.21. The number of hydrogen-bond donors (Lipinski definition) is 2. The molecule has 0 aliphatic carbocycles. The minimum atomic E-state index is -5.17. The third-order valence-corrected chi connectivity index (χ3v) is 2.60. The molecule has 0 radical (unpaired) electrons. The van der Waals surface area contributed by atoms with Crippen LogP contribution < -0.4 is 11.9 Å². The van der Waals surface area contributed by atoms with Gasteiger partial charge in [-0.2, -0.15) is 0 Å². The highest BCUT2D eigenvalue weighted by atomic mass is 32.3. The second-order valence-electron chi connectivity index (χ2n) is 4.44. The van der Waals surface area contributed by atoms with E-state index in [1.165, 1.54) is 64.2 Å². The molecule has 0 heterocycles. The first kappa shape index (κ1) is 23.9. The minimum absolute atomic E-state index is 0.